The molecule has 0 radical (unpaired) electrons. The lowest BCUT2D eigenvalue weighted by atomic mass is 9.88. The van der Waals surface area contributed by atoms with Crippen molar-refractivity contribution in [2.75, 3.05) is 0 Å². The van der Waals surface area contributed by atoms with Gasteiger partial charge in [0.1, 0.15) is 0 Å². The number of carbonyl (C=O) groups excluding carboxylic acids is 1. The van der Waals surface area contributed by atoms with Crippen molar-refractivity contribution in [1.82, 2.24) is 0 Å². The molecule has 0 aromatic carbocycles. The van der Waals surface area contributed by atoms with Gasteiger partial charge in [-0.05, 0) is 6.92 Å². The van der Waals surface area contributed by atoms with Crippen LogP contribution in [0.15, 0.2) is 12.7 Å². The maximum Gasteiger partial charge on any atom is 0.460 e. The van der Waals surface area contributed by atoms with Gasteiger partial charge in [-0.3, -0.25) is 0 Å². The van der Waals surface area contributed by atoms with Crippen molar-refractivity contribution in [2.45, 2.75) is 60.7 Å². The topological polar surface area (TPSA) is 26.3 Å². The van der Waals surface area contributed by atoms with Crippen LogP contribution in [-0.2, 0) is 9.53 Å². The van der Waals surface area contributed by atoms with Crippen LogP contribution in [0.3, 0.4) is 0 Å². The van der Waals surface area contributed by atoms with Gasteiger partial charge in [-0.2, -0.15) is 74.6 Å². The molecule has 0 aliphatic rings. The van der Waals surface area contributed by atoms with Gasteiger partial charge in [0.2, 0.25) is 0 Å². The third-order valence-corrected chi connectivity index (χ3v) is 3.72. The SMILES string of the molecule is C=CC(=O)O[C@H](C)C(F)(F)C(F)(F)C(F)(F)C(F)(F)C(F)(F)C(F)(F)C(F)(F)C(F)(F)F. The van der Waals surface area contributed by atoms with Crippen LogP contribution in [0.5, 0.6) is 0 Å². The quantitative estimate of drug-likeness (QED) is 0.209. The molecule has 0 saturated heterocycles. The van der Waals surface area contributed by atoms with Gasteiger partial charge in [0.05, 0.1) is 0 Å². The van der Waals surface area contributed by atoms with Gasteiger partial charge in [0.25, 0.3) is 0 Å². The minimum absolute atomic E-state index is 0.0641. The molecule has 0 aliphatic heterocycles. The van der Waals surface area contributed by atoms with E-state index in [9.17, 15) is 79.4 Å². The summed E-state index contributed by atoms with van der Waals surface area (Å²) in [5, 5.41) is 0. The first-order valence-corrected chi connectivity index (χ1v) is 7.17. The predicted octanol–water partition coefficient (Wildman–Crippen LogP) is 6.11. The molecule has 0 aliphatic carbocycles. The highest BCUT2D eigenvalue weighted by Gasteiger charge is 2.95. The fourth-order valence-electron chi connectivity index (χ4n) is 1.73. The average Bonchev–Trinajstić information content (AvgIpc) is 2.59. The Morgan fingerprint density at radius 1 is 0.625 bits per heavy atom. The molecule has 0 N–H and O–H groups in total. The van der Waals surface area contributed by atoms with E-state index >= 15 is 0 Å². The van der Waals surface area contributed by atoms with Crippen LogP contribution in [-0.4, -0.2) is 59.7 Å². The number of hydrogen-bond acceptors (Lipinski definition) is 2. The second kappa shape index (κ2) is 7.81. The van der Waals surface area contributed by atoms with Crippen molar-refractivity contribution < 1.29 is 84.2 Å². The number of carbonyl (C=O) groups is 1. The molecule has 0 fully saturated rings. The van der Waals surface area contributed by atoms with Crippen molar-refractivity contribution in [2.24, 2.45) is 0 Å². The van der Waals surface area contributed by atoms with Crippen LogP contribution in [0.2, 0.25) is 0 Å². The molecule has 19 heteroatoms. The predicted molar refractivity (Wildman–Crippen MR) is 66.4 cm³/mol. The summed E-state index contributed by atoms with van der Waals surface area (Å²) in [4.78, 5) is 10.7. The van der Waals surface area contributed by atoms with Crippen LogP contribution in [0, 0.1) is 0 Å². The van der Waals surface area contributed by atoms with E-state index in [2.05, 4.69) is 11.3 Å². The van der Waals surface area contributed by atoms with E-state index in [0.717, 1.165) is 0 Å². The summed E-state index contributed by atoms with van der Waals surface area (Å²) in [7, 11) is 0. The van der Waals surface area contributed by atoms with E-state index < -0.39 is 66.6 Å². The Labute approximate surface area is 165 Å². The summed E-state index contributed by atoms with van der Waals surface area (Å²) in [6.45, 7) is 2.13. The standard InChI is InChI=1S/C13H7F17O2/c1-3-5(31)32-4(2)6(14,15)7(16,17)8(18,19)9(20,21)10(22,23)11(24,25)12(26,27)13(28,29)30/h3-4H,1H2,2H3/t4-/m1/s1. The van der Waals surface area contributed by atoms with E-state index in [0.29, 0.717) is 0 Å². The molecular formula is C13H7F17O2. The molecule has 0 rings (SSSR count). The molecule has 2 nitrogen and oxygen atoms in total. The number of hydrogen-bond donors (Lipinski definition) is 0. The molecule has 32 heavy (non-hydrogen) atoms. The van der Waals surface area contributed by atoms with Crippen LogP contribution in [0.1, 0.15) is 6.92 Å². The zero-order chi connectivity index (χ0) is 26.6. The Morgan fingerprint density at radius 3 is 1.19 bits per heavy atom. The van der Waals surface area contributed by atoms with Crippen molar-refractivity contribution in [1.29, 1.82) is 0 Å². The highest BCUT2D eigenvalue weighted by molar-refractivity contribution is 5.81. The van der Waals surface area contributed by atoms with Gasteiger partial charge < -0.3 is 4.74 Å². The number of ether oxygens (including phenoxy) is 1. The lowest BCUT2D eigenvalue weighted by molar-refractivity contribution is -0.463. The maximum atomic E-state index is 13.6. The maximum absolute atomic E-state index is 13.6. The first-order valence-electron chi connectivity index (χ1n) is 7.17. The molecular weight excluding hydrogens is 511 g/mol. The molecule has 0 aromatic heterocycles. The second-order valence-corrected chi connectivity index (χ2v) is 5.85. The average molecular weight is 518 g/mol. The largest absolute Gasteiger partial charge is 0.460 e. The van der Waals surface area contributed by atoms with E-state index in [4.69, 9.17) is 0 Å². The summed E-state index contributed by atoms with van der Waals surface area (Å²) < 4.78 is 225. The van der Waals surface area contributed by atoms with Crippen LogP contribution in [0.25, 0.3) is 0 Å². The highest BCUT2D eigenvalue weighted by atomic mass is 19.4. The van der Waals surface area contributed by atoms with Crippen molar-refractivity contribution in [3.05, 3.63) is 12.7 Å². The minimum atomic E-state index is -8.71. The van der Waals surface area contributed by atoms with E-state index in [1.54, 1.807) is 0 Å². The molecule has 1 atom stereocenters. The summed E-state index contributed by atoms with van der Waals surface area (Å²) >= 11 is 0. The normalized spacial score (nSPS) is 16.6. The third kappa shape index (κ3) is 3.84. The van der Waals surface area contributed by atoms with Crippen LogP contribution < -0.4 is 0 Å². The number of rotatable bonds is 9. The third-order valence-electron chi connectivity index (χ3n) is 3.72. The first-order chi connectivity index (χ1) is 13.6. The van der Waals surface area contributed by atoms with E-state index in [1.807, 2.05) is 0 Å². The molecule has 0 saturated carbocycles. The van der Waals surface area contributed by atoms with Crippen molar-refractivity contribution in [3.63, 3.8) is 0 Å². The Bertz CT molecular complexity index is 720. The Morgan fingerprint density at radius 2 is 0.906 bits per heavy atom. The van der Waals surface area contributed by atoms with Crippen LogP contribution in [0.4, 0.5) is 74.6 Å². The Balaban J connectivity index is 6.71. The number of esters is 1. The van der Waals surface area contributed by atoms with Gasteiger partial charge in [-0.15, -0.1) is 0 Å². The zero-order valence-electron chi connectivity index (χ0n) is 14.6. The fourth-order valence-corrected chi connectivity index (χ4v) is 1.73. The molecule has 0 aromatic rings. The molecule has 0 heterocycles. The summed E-state index contributed by atoms with van der Waals surface area (Å²) in [5.41, 5.74) is 0. The van der Waals surface area contributed by atoms with E-state index in [1.165, 1.54) is 0 Å². The summed E-state index contributed by atoms with van der Waals surface area (Å²) in [6.07, 6.45) is -11.8. The number of alkyl halides is 17. The molecule has 0 amide bonds. The smallest absolute Gasteiger partial charge is 0.453 e. The summed E-state index contributed by atoms with van der Waals surface area (Å²) in [5.74, 6) is -59.4. The van der Waals surface area contributed by atoms with Gasteiger partial charge in [-0.25, -0.2) is 4.79 Å². The lowest BCUT2D eigenvalue weighted by Crippen LogP contribution is -2.75. The zero-order valence-corrected chi connectivity index (χ0v) is 14.6. The molecule has 0 unspecified atom stereocenters. The van der Waals surface area contributed by atoms with Gasteiger partial charge in [0, 0.05) is 6.08 Å². The highest BCUT2D eigenvalue weighted by Crippen LogP contribution is 2.64. The van der Waals surface area contributed by atoms with Gasteiger partial charge >= 0.3 is 53.6 Å². The second-order valence-electron chi connectivity index (χ2n) is 5.85. The fraction of sp³-hybridized carbons (Fsp3) is 0.769. The summed E-state index contributed by atoms with van der Waals surface area (Å²) in [6, 6.07) is 0. The van der Waals surface area contributed by atoms with Gasteiger partial charge in [-0.1, -0.05) is 6.58 Å². The Kier molecular flexibility index (Phi) is 7.32. The first kappa shape index (κ1) is 30.0. The van der Waals surface area contributed by atoms with Crippen LogP contribution >= 0.6 is 0 Å². The van der Waals surface area contributed by atoms with Crippen molar-refractivity contribution >= 4 is 5.97 Å². The monoisotopic (exact) mass is 518 g/mol. The Hall–Kier alpha value is -1.98. The number of halogens is 17. The molecule has 0 bridgehead atoms. The molecule has 0 spiro atoms. The lowest BCUT2D eigenvalue weighted by Gasteiger charge is -2.43. The van der Waals surface area contributed by atoms with E-state index in [-0.39, 0.29) is 6.08 Å². The van der Waals surface area contributed by atoms with Crippen molar-refractivity contribution in [3.8, 4) is 0 Å². The van der Waals surface area contributed by atoms with Gasteiger partial charge in [0.15, 0.2) is 6.10 Å². The minimum Gasteiger partial charge on any atom is -0.453 e. The molecule has 190 valence electrons.